The molecular weight excluding hydrogens is 529 g/mol. The van der Waals surface area contributed by atoms with Crippen molar-refractivity contribution in [2.24, 2.45) is 0 Å². The normalized spacial score (nSPS) is 20.6. The summed E-state index contributed by atoms with van der Waals surface area (Å²) in [6.45, 7) is 0.756. The lowest BCUT2D eigenvalue weighted by atomic mass is 10.0. The molecule has 5 rings (SSSR count). The summed E-state index contributed by atoms with van der Waals surface area (Å²) < 4.78 is 74.8. The molecule has 0 aliphatic carbocycles. The maximum Gasteiger partial charge on any atom is 0.417 e. The molecule has 38 heavy (non-hydrogen) atoms. The number of β-amino-alcohol motifs (C(OH)–C–C–N with tert-alkyl or cyclic N) is 1. The number of amides is 1. The number of aromatic nitrogens is 2. The minimum absolute atomic E-state index is 0.0183. The highest BCUT2D eigenvalue weighted by Gasteiger charge is 2.34. The van der Waals surface area contributed by atoms with Crippen molar-refractivity contribution in [1.29, 1.82) is 0 Å². The summed E-state index contributed by atoms with van der Waals surface area (Å²) in [5, 5.41) is 19.7. The van der Waals surface area contributed by atoms with E-state index in [1.165, 1.54) is 6.20 Å². The third-order valence-corrected chi connectivity index (χ3v) is 7.62. The lowest BCUT2D eigenvalue weighted by Gasteiger charge is -2.33. The van der Waals surface area contributed by atoms with Gasteiger partial charge in [0.2, 0.25) is 0 Å². The van der Waals surface area contributed by atoms with E-state index in [0.717, 1.165) is 9.87 Å². The lowest BCUT2D eigenvalue weighted by molar-refractivity contribution is 0.182. The zero-order chi connectivity index (χ0) is 27.0. The van der Waals surface area contributed by atoms with Crippen molar-refractivity contribution in [2.45, 2.75) is 31.7 Å². The maximum absolute atomic E-state index is 13.3. The van der Waals surface area contributed by atoms with Gasteiger partial charge < -0.3 is 15.2 Å². The van der Waals surface area contributed by atoms with Crippen molar-refractivity contribution in [3.63, 3.8) is 0 Å². The van der Waals surface area contributed by atoms with Gasteiger partial charge in [-0.2, -0.15) is 18.2 Å². The van der Waals surface area contributed by atoms with Gasteiger partial charge in [-0.05, 0) is 24.1 Å². The monoisotopic (exact) mass is 552 g/mol. The molecular formula is C23H23F3N6O5S. The zero-order valence-electron chi connectivity index (χ0n) is 19.7. The van der Waals surface area contributed by atoms with Gasteiger partial charge in [-0.3, -0.25) is 14.3 Å². The summed E-state index contributed by atoms with van der Waals surface area (Å²) in [5.74, 6) is -4.33. The van der Waals surface area contributed by atoms with Crippen molar-refractivity contribution < 1.29 is 36.2 Å². The van der Waals surface area contributed by atoms with E-state index in [2.05, 4.69) is 20.5 Å². The van der Waals surface area contributed by atoms with Crippen molar-refractivity contribution >= 4 is 27.7 Å². The van der Waals surface area contributed by atoms with Gasteiger partial charge >= 0.3 is 16.3 Å². The average Bonchev–Trinajstić information content (AvgIpc) is 3.28. The molecule has 2 aliphatic rings. The van der Waals surface area contributed by atoms with Crippen LogP contribution in [0.2, 0.25) is 0 Å². The Labute approximate surface area is 215 Å². The van der Waals surface area contributed by atoms with Gasteiger partial charge in [-0.1, -0.05) is 12.1 Å². The van der Waals surface area contributed by atoms with Crippen LogP contribution in [0.3, 0.4) is 0 Å². The predicted molar refractivity (Wildman–Crippen MR) is 129 cm³/mol. The van der Waals surface area contributed by atoms with E-state index in [9.17, 15) is 31.5 Å². The van der Waals surface area contributed by atoms with Crippen LogP contribution in [-0.2, 0) is 29.7 Å². The van der Waals surface area contributed by atoms with E-state index in [0.29, 0.717) is 43.0 Å². The minimum Gasteiger partial charge on any atom is -0.410 e. The summed E-state index contributed by atoms with van der Waals surface area (Å²) in [6.07, 6.45) is 0.239. The standard InChI is InChI=1S/C23H23F3N6O5S/c24-18-6-14(7-19(25)22(18)26)30-23(34)37-17-3-1-13(2-4-17)5-15-11-31-20(9-27-15)21(10-28-31)32-12-16(33)8-29-38(32,35)36/h1-4,6-7,10,15-16,27,29,33H,5,8-9,11-12H2,(H,30,34)/t15-,16?/m0/s1. The topological polar surface area (TPSA) is 138 Å². The third-order valence-electron chi connectivity index (χ3n) is 6.16. The van der Waals surface area contributed by atoms with E-state index < -0.39 is 39.9 Å². The number of halogens is 3. The predicted octanol–water partition coefficient (Wildman–Crippen LogP) is 1.64. The molecule has 0 saturated carbocycles. The Morgan fingerprint density at radius 3 is 2.58 bits per heavy atom. The number of carbonyl (C=O) groups excluding carboxylic acids is 1. The summed E-state index contributed by atoms with van der Waals surface area (Å²) >= 11 is 0. The molecule has 15 heteroatoms. The summed E-state index contributed by atoms with van der Waals surface area (Å²) in [4.78, 5) is 12.0. The first kappa shape index (κ1) is 26.0. The van der Waals surface area contributed by atoms with E-state index in [-0.39, 0.29) is 30.6 Å². The first-order chi connectivity index (χ1) is 18.1. The number of fused-ring (bicyclic) bond motifs is 1. The molecule has 0 bridgehead atoms. The van der Waals surface area contributed by atoms with E-state index in [1.807, 2.05) is 0 Å². The van der Waals surface area contributed by atoms with Gasteiger partial charge in [0.05, 0.1) is 42.5 Å². The van der Waals surface area contributed by atoms with Gasteiger partial charge in [-0.15, -0.1) is 0 Å². The first-order valence-corrected chi connectivity index (χ1v) is 13.0. The van der Waals surface area contributed by atoms with E-state index in [4.69, 9.17) is 4.74 Å². The van der Waals surface area contributed by atoms with Crippen LogP contribution in [-0.4, -0.2) is 54.6 Å². The van der Waals surface area contributed by atoms with Crippen molar-refractivity contribution in [3.05, 3.63) is 71.3 Å². The molecule has 11 nitrogen and oxygen atoms in total. The van der Waals surface area contributed by atoms with Crippen LogP contribution in [0.25, 0.3) is 0 Å². The van der Waals surface area contributed by atoms with E-state index >= 15 is 0 Å². The number of benzene rings is 2. The van der Waals surface area contributed by atoms with Crippen LogP contribution in [0.5, 0.6) is 5.75 Å². The summed E-state index contributed by atoms with van der Waals surface area (Å²) in [7, 11) is -3.76. The van der Waals surface area contributed by atoms with Crippen LogP contribution < -0.4 is 24.4 Å². The minimum atomic E-state index is -3.76. The Hall–Kier alpha value is -3.66. The third kappa shape index (κ3) is 5.45. The molecule has 3 heterocycles. The number of nitrogens with zero attached hydrogens (tertiary/aromatic N) is 3. The highest BCUT2D eigenvalue weighted by molar-refractivity contribution is 7.91. The Balaban J connectivity index is 1.18. The fourth-order valence-electron chi connectivity index (χ4n) is 4.32. The number of hydrogen-bond donors (Lipinski definition) is 4. The van der Waals surface area contributed by atoms with Crippen LogP contribution in [0.15, 0.2) is 42.6 Å². The van der Waals surface area contributed by atoms with Crippen molar-refractivity contribution in [2.75, 3.05) is 22.7 Å². The lowest BCUT2D eigenvalue weighted by Crippen LogP contribution is -2.54. The fraction of sp³-hybridized carbons (Fsp3) is 0.304. The highest BCUT2D eigenvalue weighted by Crippen LogP contribution is 2.27. The second-order valence-corrected chi connectivity index (χ2v) is 10.6. The van der Waals surface area contributed by atoms with Crippen LogP contribution >= 0.6 is 0 Å². The van der Waals surface area contributed by atoms with Gasteiger partial charge in [0.1, 0.15) is 5.75 Å². The molecule has 0 radical (unpaired) electrons. The Morgan fingerprint density at radius 1 is 1.16 bits per heavy atom. The Bertz CT molecular complexity index is 1440. The number of aliphatic hydroxyl groups is 1. The number of aliphatic hydroxyl groups excluding tert-OH is 1. The number of rotatable bonds is 5. The SMILES string of the molecule is O=C(Nc1cc(F)c(F)c(F)c1)Oc1ccc(C[C@H]2Cn3ncc(N4CC(O)CNS4(=O)=O)c3CN2)cc1. The quantitative estimate of drug-likeness (QED) is 0.353. The van der Waals surface area contributed by atoms with Crippen molar-refractivity contribution in [1.82, 2.24) is 19.8 Å². The van der Waals surface area contributed by atoms with Gasteiger partial charge in [0.25, 0.3) is 0 Å². The van der Waals surface area contributed by atoms with Gasteiger partial charge in [0, 0.05) is 31.3 Å². The molecule has 1 fully saturated rings. The van der Waals surface area contributed by atoms with Crippen LogP contribution in [0, 0.1) is 17.5 Å². The number of nitrogens with one attached hydrogen (secondary N) is 3. The number of carbonyl (C=O) groups is 1. The molecule has 202 valence electrons. The van der Waals surface area contributed by atoms with Crippen LogP contribution in [0.4, 0.5) is 29.3 Å². The molecule has 1 amide bonds. The molecule has 2 aliphatic heterocycles. The molecule has 1 aromatic heterocycles. The number of hydrogen-bond acceptors (Lipinski definition) is 7. The largest absolute Gasteiger partial charge is 0.417 e. The van der Waals surface area contributed by atoms with Crippen molar-refractivity contribution in [3.8, 4) is 5.75 Å². The Kier molecular flexibility index (Phi) is 7.00. The zero-order valence-corrected chi connectivity index (χ0v) is 20.5. The number of ether oxygens (including phenoxy) is 1. The fourth-order valence-corrected chi connectivity index (χ4v) is 5.66. The molecule has 2 atom stereocenters. The first-order valence-electron chi connectivity index (χ1n) is 11.5. The summed E-state index contributed by atoms with van der Waals surface area (Å²) in [5.41, 5.74) is 1.72. The second kappa shape index (κ2) is 10.2. The summed E-state index contributed by atoms with van der Waals surface area (Å²) in [6, 6.07) is 7.87. The van der Waals surface area contributed by atoms with E-state index in [1.54, 1.807) is 28.9 Å². The van der Waals surface area contributed by atoms with Crippen LogP contribution in [0.1, 0.15) is 11.3 Å². The average molecular weight is 553 g/mol. The second-order valence-electron chi connectivity index (χ2n) is 8.89. The highest BCUT2D eigenvalue weighted by atomic mass is 32.2. The molecule has 2 aromatic carbocycles. The molecule has 3 aromatic rings. The van der Waals surface area contributed by atoms with Gasteiger partial charge in [0.15, 0.2) is 17.5 Å². The number of anilines is 2. The maximum atomic E-state index is 13.3. The molecule has 1 saturated heterocycles. The smallest absolute Gasteiger partial charge is 0.410 e. The Morgan fingerprint density at radius 2 is 1.87 bits per heavy atom. The molecule has 1 unspecified atom stereocenters. The molecule has 0 spiro atoms. The molecule has 4 N–H and O–H groups in total. The van der Waals surface area contributed by atoms with Gasteiger partial charge in [-0.25, -0.2) is 18.0 Å².